The number of rotatable bonds is 3. The minimum absolute atomic E-state index is 0.0275. The molecule has 1 aromatic rings. The van der Waals surface area contributed by atoms with Gasteiger partial charge in [0.05, 0.1) is 18.8 Å². The third kappa shape index (κ3) is 2.96. The van der Waals surface area contributed by atoms with Crippen LogP contribution in [-0.4, -0.2) is 36.7 Å². The monoisotopic (exact) mass is 266 g/mol. The van der Waals surface area contributed by atoms with Gasteiger partial charge in [0, 0.05) is 19.1 Å². The second kappa shape index (κ2) is 5.99. The fourth-order valence-electron chi connectivity index (χ4n) is 2.88. The molecule has 106 valence electrons. The van der Waals surface area contributed by atoms with Crippen molar-refractivity contribution in [3.8, 4) is 0 Å². The van der Waals surface area contributed by atoms with Crippen LogP contribution in [0.5, 0.6) is 0 Å². The summed E-state index contributed by atoms with van der Waals surface area (Å²) in [5, 5.41) is 0. The average Bonchev–Trinajstić information content (AvgIpc) is 2.38. The van der Waals surface area contributed by atoms with E-state index < -0.39 is 0 Å². The van der Waals surface area contributed by atoms with Gasteiger partial charge in [0.2, 0.25) is 0 Å². The highest BCUT2D eigenvalue weighted by Gasteiger charge is 2.34. The zero-order chi connectivity index (χ0) is 14.0. The topological polar surface area (TPSA) is 38.5 Å². The molecule has 2 N–H and O–H groups in total. The van der Waals surface area contributed by atoms with Gasteiger partial charge in [-0.15, -0.1) is 0 Å². The molecule has 2 atom stereocenters. The smallest absolute Gasteiger partial charge is 0.123 e. The molecule has 0 radical (unpaired) electrons. The lowest BCUT2D eigenvalue weighted by molar-refractivity contribution is -0.0791. The fourth-order valence-corrected chi connectivity index (χ4v) is 2.88. The molecule has 0 aliphatic carbocycles. The number of halogens is 1. The molecule has 0 amide bonds. The molecule has 4 heteroatoms. The number of benzene rings is 1. The maximum atomic E-state index is 13.3. The van der Waals surface area contributed by atoms with E-state index in [0.29, 0.717) is 19.2 Å². The zero-order valence-electron chi connectivity index (χ0n) is 11.9. The minimum Gasteiger partial charge on any atom is -0.374 e. The maximum Gasteiger partial charge on any atom is 0.123 e. The van der Waals surface area contributed by atoms with Crippen LogP contribution in [0.15, 0.2) is 18.2 Å². The summed E-state index contributed by atoms with van der Waals surface area (Å²) < 4.78 is 19.1. The molecule has 1 heterocycles. The highest BCUT2D eigenvalue weighted by molar-refractivity contribution is 5.31. The second-order valence-electron chi connectivity index (χ2n) is 5.42. The first-order chi connectivity index (χ1) is 9.04. The Balaban J connectivity index is 2.39. The first-order valence-electron chi connectivity index (χ1n) is 6.88. The highest BCUT2D eigenvalue weighted by atomic mass is 19.1. The second-order valence-corrected chi connectivity index (χ2v) is 5.42. The van der Waals surface area contributed by atoms with Crippen molar-refractivity contribution in [1.29, 1.82) is 0 Å². The standard InChI is InChI=1S/C15H23FN2O/c1-10(2)18-6-7-19-14(9-17)15(18)13-5-4-12(16)8-11(13)3/h4-5,8,10,14-15H,6-7,9,17H2,1-3H3. The van der Waals surface area contributed by atoms with Gasteiger partial charge in [-0.2, -0.15) is 0 Å². The largest absolute Gasteiger partial charge is 0.374 e. The molecule has 1 aromatic carbocycles. The first-order valence-corrected chi connectivity index (χ1v) is 6.88. The lowest BCUT2D eigenvalue weighted by Crippen LogP contribution is -2.50. The Kier molecular flexibility index (Phi) is 4.55. The number of nitrogens with two attached hydrogens (primary N) is 1. The first kappa shape index (κ1) is 14.4. The number of hydrogen-bond acceptors (Lipinski definition) is 3. The van der Waals surface area contributed by atoms with Gasteiger partial charge in [-0.25, -0.2) is 4.39 Å². The van der Waals surface area contributed by atoms with Gasteiger partial charge in [-0.05, 0) is 44.0 Å². The Morgan fingerprint density at radius 1 is 1.47 bits per heavy atom. The summed E-state index contributed by atoms with van der Waals surface area (Å²) in [7, 11) is 0. The summed E-state index contributed by atoms with van der Waals surface area (Å²) in [6.07, 6.45) is -0.0275. The van der Waals surface area contributed by atoms with E-state index in [-0.39, 0.29) is 18.0 Å². The quantitative estimate of drug-likeness (QED) is 0.912. The molecule has 2 unspecified atom stereocenters. The van der Waals surface area contributed by atoms with Crippen LogP contribution >= 0.6 is 0 Å². The number of hydrogen-bond donors (Lipinski definition) is 1. The maximum absolute atomic E-state index is 13.3. The normalized spacial score (nSPS) is 24.9. The van der Waals surface area contributed by atoms with Crippen LogP contribution in [0, 0.1) is 12.7 Å². The Labute approximate surface area is 114 Å². The Morgan fingerprint density at radius 2 is 2.21 bits per heavy atom. The average molecular weight is 266 g/mol. The van der Waals surface area contributed by atoms with Crippen molar-refractivity contribution < 1.29 is 9.13 Å². The van der Waals surface area contributed by atoms with Crippen LogP contribution in [0.4, 0.5) is 4.39 Å². The van der Waals surface area contributed by atoms with Gasteiger partial charge in [-0.3, -0.25) is 4.90 Å². The number of nitrogens with zero attached hydrogens (tertiary/aromatic N) is 1. The van der Waals surface area contributed by atoms with E-state index in [1.165, 1.54) is 6.07 Å². The number of morpholine rings is 1. The summed E-state index contributed by atoms with van der Waals surface area (Å²) in [6.45, 7) is 8.35. The SMILES string of the molecule is Cc1cc(F)ccc1C1C(CN)OCCN1C(C)C. The molecule has 3 nitrogen and oxygen atoms in total. The molecular formula is C15H23FN2O. The van der Waals surface area contributed by atoms with Crippen LogP contribution in [0.25, 0.3) is 0 Å². The van der Waals surface area contributed by atoms with Crippen molar-refractivity contribution in [2.75, 3.05) is 19.7 Å². The number of aryl methyl sites for hydroxylation is 1. The van der Waals surface area contributed by atoms with Crippen molar-refractivity contribution in [3.63, 3.8) is 0 Å². The molecule has 1 aliphatic rings. The third-order valence-corrected chi connectivity index (χ3v) is 3.84. The molecule has 19 heavy (non-hydrogen) atoms. The molecule has 0 spiro atoms. The molecule has 2 rings (SSSR count). The molecule has 0 bridgehead atoms. The van der Waals surface area contributed by atoms with E-state index in [4.69, 9.17) is 10.5 Å². The Hall–Kier alpha value is -0.970. The zero-order valence-corrected chi connectivity index (χ0v) is 11.9. The van der Waals surface area contributed by atoms with Gasteiger partial charge >= 0.3 is 0 Å². The van der Waals surface area contributed by atoms with E-state index in [9.17, 15) is 4.39 Å². The molecule has 0 saturated carbocycles. The van der Waals surface area contributed by atoms with E-state index >= 15 is 0 Å². The van der Waals surface area contributed by atoms with Crippen molar-refractivity contribution >= 4 is 0 Å². The van der Waals surface area contributed by atoms with Gasteiger partial charge in [0.15, 0.2) is 0 Å². The van der Waals surface area contributed by atoms with E-state index in [1.54, 1.807) is 6.07 Å². The van der Waals surface area contributed by atoms with E-state index in [0.717, 1.165) is 17.7 Å². The lowest BCUT2D eigenvalue weighted by Gasteiger charge is -2.44. The minimum atomic E-state index is -0.196. The summed E-state index contributed by atoms with van der Waals surface area (Å²) in [5.41, 5.74) is 7.92. The van der Waals surface area contributed by atoms with Gasteiger partial charge < -0.3 is 10.5 Å². The van der Waals surface area contributed by atoms with Gasteiger partial charge in [0.25, 0.3) is 0 Å². The molecule has 0 aromatic heterocycles. The molecular weight excluding hydrogens is 243 g/mol. The Bertz CT molecular complexity index is 436. The van der Waals surface area contributed by atoms with Crippen molar-refractivity contribution in [2.24, 2.45) is 5.73 Å². The molecule has 1 fully saturated rings. The van der Waals surface area contributed by atoms with Crippen molar-refractivity contribution in [2.45, 2.75) is 39.0 Å². The van der Waals surface area contributed by atoms with Gasteiger partial charge in [0.1, 0.15) is 5.82 Å². The summed E-state index contributed by atoms with van der Waals surface area (Å²) in [6, 6.07) is 5.48. The molecule has 1 saturated heterocycles. The highest BCUT2D eigenvalue weighted by Crippen LogP contribution is 2.32. The molecule has 1 aliphatic heterocycles. The van der Waals surface area contributed by atoms with Crippen molar-refractivity contribution in [3.05, 3.63) is 35.1 Å². The lowest BCUT2D eigenvalue weighted by atomic mass is 9.93. The fraction of sp³-hybridized carbons (Fsp3) is 0.600. The Morgan fingerprint density at radius 3 is 2.79 bits per heavy atom. The van der Waals surface area contributed by atoms with Crippen LogP contribution in [0.1, 0.15) is 31.0 Å². The van der Waals surface area contributed by atoms with Crippen LogP contribution < -0.4 is 5.73 Å². The van der Waals surface area contributed by atoms with Crippen LogP contribution in [0.3, 0.4) is 0 Å². The van der Waals surface area contributed by atoms with Crippen LogP contribution in [-0.2, 0) is 4.74 Å². The van der Waals surface area contributed by atoms with E-state index in [1.807, 2.05) is 13.0 Å². The summed E-state index contributed by atoms with van der Waals surface area (Å²) in [5.74, 6) is -0.196. The predicted molar refractivity (Wildman–Crippen MR) is 74.5 cm³/mol. The predicted octanol–water partition coefficient (Wildman–Crippen LogP) is 2.24. The third-order valence-electron chi connectivity index (χ3n) is 3.84. The number of ether oxygens (including phenoxy) is 1. The summed E-state index contributed by atoms with van der Waals surface area (Å²) >= 11 is 0. The van der Waals surface area contributed by atoms with Crippen LogP contribution in [0.2, 0.25) is 0 Å². The van der Waals surface area contributed by atoms with Gasteiger partial charge in [-0.1, -0.05) is 6.07 Å². The summed E-state index contributed by atoms with van der Waals surface area (Å²) in [4.78, 5) is 2.39. The van der Waals surface area contributed by atoms with Crippen molar-refractivity contribution in [1.82, 2.24) is 4.90 Å². The van der Waals surface area contributed by atoms with E-state index in [2.05, 4.69) is 18.7 Å².